The normalized spacial score (nSPS) is 30.1. The number of thioether (sulfide) groups is 1. The summed E-state index contributed by atoms with van der Waals surface area (Å²) in [6.45, 7) is 5.77. The van der Waals surface area contributed by atoms with E-state index in [4.69, 9.17) is 0 Å². The number of carbonyl (C=O) groups is 1. The fourth-order valence-electron chi connectivity index (χ4n) is 1.80. The standard InChI is InChI=1S/C13H14OS/c1-3-9(2)6-12-7-10-4-5-11(14)8-13(10)15-12/h3-7,10,13H,1,8H2,2H3/b9-6+. The minimum atomic E-state index is 0.253. The van der Waals surface area contributed by atoms with Crippen molar-refractivity contribution in [3.63, 3.8) is 0 Å². The molecule has 2 heteroatoms. The molecule has 0 radical (unpaired) electrons. The van der Waals surface area contributed by atoms with E-state index in [-0.39, 0.29) is 5.78 Å². The van der Waals surface area contributed by atoms with E-state index < -0.39 is 0 Å². The lowest BCUT2D eigenvalue weighted by atomic mass is 9.94. The number of hydrogen-bond donors (Lipinski definition) is 0. The summed E-state index contributed by atoms with van der Waals surface area (Å²) in [6, 6.07) is 0. The molecule has 1 heterocycles. The van der Waals surface area contributed by atoms with Crippen LogP contribution in [0.4, 0.5) is 0 Å². The second-order valence-corrected chi connectivity index (χ2v) is 5.24. The van der Waals surface area contributed by atoms with Crippen LogP contribution in [0.1, 0.15) is 13.3 Å². The van der Waals surface area contributed by atoms with Crippen LogP contribution in [0.3, 0.4) is 0 Å². The number of carbonyl (C=O) groups excluding carboxylic acids is 1. The van der Waals surface area contributed by atoms with Crippen LogP contribution in [0.25, 0.3) is 0 Å². The zero-order chi connectivity index (χ0) is 10.8. The molecule has 0 N–H and O–H groups in total. The molecule has 0 amide bonds. The SMILES string of the molecule is C=C/C(C)=C/C1=CC2C=CC(=O)CC2S1. The summed E-state index contributed by atoms with van der Waals surface area (Å²) >= 11 is 1.81. The van der Waals surface area contributed by atoms with Gasteiger partial charge < -0.3 is 0 Å². The van der Waals surface area contributed by atoms with Gasteiger partial charge in [-0.05, 0) is 19.1 Å². The van der Waals surface area contributed by atoms with Gasteiger partial charge >= 0.3 is 0 Å². The monoisotopic (exact) mass is 218 g/mol. The number of fused-ring (bicyclic) bond motifs is 1. The smallest absolute Gasteiger partial charge is 0.156 e. The average molecular weight is 218 g/mol. The molecule has 0 saturated carbocycles. The van der Waals surface area contributed by atoms with E-state index in [0.29, 0.717) is 17.6 Å². The van der Waals surface area contributed by atoms with Gasteiger partial charge in [-0.1, -0.05) is 30.4 Å². The average Bonchev–Trinajstić information content (AvgIpc) is 2.59. The van der Waals surface area contributed by atoms with Crippen LogP contribution >= 0.6 is 11.8 Å². The largest absolute Gasteiger partial charge is 0.295 e. The molecule has 2 atom stereocenters. The lowest BCUT2D eigenvalue weighted by Gasteiger charge is -2.17. The molecule has 2 aliphatic rings. The number of rotatable bonds is 2. The van der Waals surface area contributed by atoms with E-state index in [0.717, 1.165) is 0 Å². The van der Waals surface area contributed by atoms with Gasteiger partial charge in [0.2, 0.25) is 0 Å². The first-order valence-electron chi connectivity index (χ1n) is 5.09. The number of hydrogen-bond acceptors (Lipinski definition) is 2. The van der Waals surface area contributed by atoms with Gasteiger partial charge in [-0.2, -0.15) is 0 Å². The molecule has 1 aliphatic heterocycles. The second kappa shape index (κ2) is 4.23. The number of allylic oxidation sites excluding steroid dienone is 6. The van der Waals surface area contributed by atoms with Gasteiger partial charge in [0.05, 0.1) is 0 Å². The molecule has 2 unspecified atom stereocenters. The van der Waals surface area contributed by atoms with E-state index in [1.54, 1.807) is 17.8 Å². The highest BCUT2D eigenvalue weighted by molar-refractivity contribution is 8.04. The molecule has 0 spiro atoms. The molecule has 1 aliphatic carbocycles. The first kappa shape index (κ1) is 10.5. The minimum Gasteiger partial charge on any atom is -0.295 e. The van der Waals surface area contributed by atoms with Crippen molar-refractivity contribution in [3.05, 3.63) is 47.4 Å². The first-order valence-corrected chi connectivity index (χ1v) is 5.97. The van der Waals surface area contributed by atoms with Gasteiger partial charge in [0.15, 0.2) is 5.78 Å². The molecule has 15 heavy (non-hydrogen) atoms. The highest BCUT2D eigenvalue weighted by atomic mass is 32.2. The Balaban J connectivity index is 2.13. The molecule has 0 aromatic carbocycles. The van der Waals surface area contributed by atoms with Crippen LogP contribution in [0, 0.1) is 5.92 Å². The Morgan fingerprint density at radius 3 is 3.20 bits per heavy atom. The van der Waals surface area contributed by atoms with Gasteiger partial charge in [-0.15, -0.1) is 11.8 Å². The highest BCUT2D eigenvalue weighted by Gasteiger charge is 2.29. The highest BCUT2D eigenvalue weighted by Crippen LogP contribution is 2.42. The van der Waals surface area contributed by atoms with Crippen molar-refractivity contribution in [2.45, 2.75) is 18.6 Å². The maximum Gasteiger partial charge on any atom is 0.156 e. The third kappa shape index (κ3) is 2.32. The van der Waals surface area contributed by atoms with Crippen LogP contribution in [0.15, 0.2) is 47.4 Å². The van der Waals surface area contributed by atoms with Crippen molar-refractivity contribution in [1.82, 2.24) is 0 Å². The van der Waals surface area contributed by atoms with Crippen LogP contribution < -0.4 is 0 Å². The summed E-state index contributed by atoms with van der Waals surface area (Å²) in [5, 5.41) is 0.423. The summed E-state index contributed by atoms with van der Waals surface area (Å²) in [4.78, 5) is 12.5. The molecule has 2 rings (SSSR count). The van der Waals surface area contributed by atoms with Gasteiger partial charge in [0, 0.05) is 22.5 Å². The Bertz CT molecular complexity index is 387. The summed E-state index contributed by atoms with van der Waals surface area (Å²) in [7, 11) is 0. The third-order valence-corrected chi connectivity index (χ3v) is 3.98. The fraction of sp³-hybridized carbons (Fsp3) is 0.308. The van der Waals surface area contributed by atoms with Gasteiger partial charge in [0.25, 0.3) is 0 Å². The minimum absolute atomic E-state index is 0.253. The predicted octanol–water partition coefficient (Wildman–Crippen LogP) is 3.26. The van der Waals surface area contributed by atoms with Crippen LogP contribution in [0.5, 0.6) is 0 Å². The van der Waals surface area contributed by atoms with Crippen LogP contribution in [-0.4, -0.2) is 11.0 Å². The first-order chi connectivity index (χ1) is 7.19. The van der Waals surface area contributed by atoms with Crippen LogP contribution in [-0.2, 0) is 4.79 Å². The second-order valence-electron chi connectivity index (χ2n) is 3.92. The Morgan fingerprint density at radius 1 is 1.67 bits per heavy atom. The molecule has 0 bridgehead atoms. The topological polar surface area (TPSA) is 17.1 Å². The van der Waals surface area contributed by atoms with Crippen molar-refractivity contribution in [2.75, 3.05) is 0 Å². The van der Waals surface area contributed by atoms with Crippen LogP contribution in [0.2, 0.25) is 0 Å². The molecule has 0 aromatic rings. The molecule has 1 nitrogen and oxygen atoms in total. The molecular weight excluding hydrogens is 204 g/mol. The van der Waals surface area contributed by atoms with E-state index >= 15 is 0 Å². The van der Waals surface area contributed by atoms with Crippen molar-refractivity contribution in [3.8, 4) is 0 Å². The maximum atomic E-state index is 11.2. The molecule has 0 fully saturated rings. The predicted molar refractivity (Wildman–Crippen MR) is 65.7 cm³/mol. The quantitative estimate of drug-likeness (QED) is 0.662. The Hall–Kier alpha value is -1.02. The maximum absolute atomic E-state index is 11.2. The lowest BCUT2D eigenvalue weighted by molar-refractivity contribution is -0.114. The molecule has 78 valence electrons. The zero-order valence-corrected chi connectivity index (χ0v) is 9.59. The summed E-state index contributed by atoms with van der Waals surface area (Å²) in [5.74, 6) is 0.694. The Kier molecular flexibility index (Phi) is 2.96. The molecule has 0 saturated heterocycles. The van der Waals surface area contributed by atoms with Crippen molar-refractivity contribution in [1.29, 1.82) is 0 Å². The van der Waals surface area contributed by atoms with E-state index in [1.165, 1.54) is 10.5 Å². The summed E-state index contributed by atoms with van der Waals surface area (Å²) < 4.78 is 0. The summed E-state index contributed by atoms with van der Waals surface area (Å²) in [5.41, 5.74) is 1.17. The van der Waals surface area contributed by atoms with E-state index in [2.05, 4.69) is 18.7 Å². The Labute approximate surface area is 94.6 Å². The Morgan fingerprint density at radius 2 is 2.47 bits per heavy atom. The zero-order valence-electron chi connectivity index (χ0n) is 8.77. The van der Waals surface area contributed by atoms with E-state index in [1.807, 2.05) is 19.1 Å². The summed E-state index contributed by atoms with van der Waals surface area (Å²) in [6.07, 6.45) is 10.6. The van der Waals surface area contributed by atoms with E-state index in [9.17, 15) is 4.79 Å². The van der Waals surface area contributed by atoms with Crippen molar-refractivity contribution >= 4 is 17.5 Å². The lowest BCUT2D eigenvalue weighted by Crippen LogP contribution is -2.18. The van der Waals surface area contributed by atoms with Crippen molar-refractivity contribution in [2.24, 2.45) is 5.92 Å². The van der Waals surface area contributed by atoms with Gasteiger partial charge in [-0.25, -0.2) is 0 Å². The fourth-order valence-corrected chi connectivity index (χ4v) is 3.21. The van der Waals surface area contributed by atoms with Crippen molar-refractivity contribution < 1.29 is 4.79 Å². The third-order valence-electron chi connectivity index (χ3n) is 2.67. The molecular formula is C13H14OS. The number of ketones is 1. The molecule has 0 aromatic heterocycles. The van der Waals surface area contributed by atoms with Gasteiger partial charge in [-0.3, -0.25) is 4.79 Å². The van der Waals surface area contributed by atoms with Gasteiger partial charge in [0.1, 0.15) is 0 Å².